The van der Waals surface area contributed by atoms with Gasteiger partial charge in [-0.05, 0) is 49.4 Å². The van der Waals surface area contributed by atoms with E-state index < -0.39 is 11.7 Å². The van der Waals surface area contributed by atoms with Gasteiger partial charge in [0.15, 0.2) is 0 Å². The lowest BCUT2D eigenvalue weighted by molar-refractivity contribution is -0.137. The summed E-state index contributed by atoms with van der Waals surface area (Å²) in [6, 6.07) is 5.26. The lowest BCUT2D eigenvalue weighted by atomic mass is 9.93. The molecule has 0 unspecified atom stereocenters. The third-order valence-corrected chi connectivity index (χ3v) is 7.11. The number of nitrogens with one attached hydrogen (secondary N) is 1. The molecule has 4 aromatic rings. The summed E-state index contributed by atoms with van der Waals surface area (Å²) in [6.45, 7) is 2.43. The number of hydrogen-bond acceptors (Lipinski definition) is 7. The fourth-order valence-corrected chi connectivity index (χ4v) is 5.44. The zero-order chi connectivity index (χ0) is 23.2. The van der Waals surface area contributed by atoms with Crippen LogP contribution in [0.1, 0.15) is 39.4 Å². The van der Waals surface area contributed by atoms with Crippen LogP contribution in [0.2, 0.25) is 0 Å². The number of aryl methyl sites for hydroxylation is 2. The Hall–Kier alpha value is -3.05. The van der Waals surface area contributed by atoms with Gasteiger partial charge in [-0.2, -0.15) is 13.2 Å². The van der Waals surface area contributed by atoms with E-state index in [0.29, 0.717) is 22.3 Å². The van der Waals surface area contributed by atoms with E-state index in [1.807, 2.05) is 6.92 Å². The Morgan fingerprint density at radius 3 is 2.91 bits per heavy atom. The van der Waals surface area contributed by atoms with Gasteiger partial charge in [0.05, 0.1) is 23.8 Å². The largest absolute Gasteiger partial charge is 0.416 e. The first-order valence-corrected chi connectivity index (χ1v) is 11.3. The number of hydrogen-bond donors (Lipinski definition) is 1. The monoisotopic (exact) mass is 475 g/mol. The van der Waals surface area contributed by atoms with Gasteiger partial charge in [0.2, 0.25) is 0 Å². The molecule has 5 rings (SSSR count). The van der Waals surface area contributed by atoms with Crippen LogP contribution in [0.5, 0.6) is 0 Å². The van der Waals surface area contributed by atoms with Crippen LogP contribution in [0.15, 0.2) is 40.0 Å². The molecule has 0 saturated carbocycles. The van der Waals surface area contributed by atoms with Crippen LogP contribution < -0.4 is 10.9 Å². The van der Waals surface area contributed by atoms with Gasteiger partial charge in [0.1, 0.15) is 16.2 Å². The quantitative estimate of drug-likeness (QED) is 0.472. The van der Waals surface area contributed by atoms with Crippen molar-refractivity contribution in [1.82, 2.24) is 25.2 Å². The van der Waals surface area contributed by atoms with Crippen molar-refractivity contribution < 1.29 is 17.8 Å². The Bertz CT molecular complexity index is 1370. The molecular weight excluding hydrogens is 455 g/mol. The normalized spacial score (nSPS) is 16.3. The van der Waals surface area contributed by atoms with E-state index in [9.17, 15) is 18.0 Å². The molecule has 1 aliphatic rings. The van der Waals surface area contributed by atoms with Crippen LogP contribution in [0.25, 0.3) is 10.2 Å². The summed E-state index contributed by atoms with van der Waals surface area (Å²) in [4.78, 5) is 19.4. The molecular formula is C22H20F3N5O2S. The summed E-state index contributed by atoms with van der Waals surface area (Å²) in [5.74, 6) is 0. The van der Waals surface area contributed by atoms with Gasteiger partial charge < -0.3 is 5.32 Å². The number of benzene rings is 1. The summed E-state index contributed by atoms with van der Waals surface area (Å²) in [7, 11) is 0. The number of aromatic nitrogens is 4. The van der Waals surface area contributed by atoms with Crippen LogP contribution in [-0.2, 0) is 32.1 Å². The number of nitrogens with zero attached hydrogens (tertiary/aromatic N) is 4. The van der Waals surface area contributed by atoms with Crippen molar-refractivity contribution >= 4 is 21.6 Å². The molecule has 0 fully saturated rings. The fraction of sp³-hybridized carbons (Fsp3) is 0.364. The first-order valence-electron chi connectivity index (χ1n) is 10.5. The average molecular weight is 475 g/mol. The minimum Gasteiger partial charge on any atom is -0.308 e. The number of thiophene rings is 1. The Labute approximate surface area is 190 Å². The van der Waals surface area contributed by atoms with Crippen LogP contribution >= 0.6 is 11.3 Å². The molecule has 3 heterocycles. The third kappa shape index (κ3) is 4.30. The first kappa shape index (κ1) is 21.8. The van der Waals surface area contributed by atoms with Gasteiger partial charge in [-0.15, -0.1) is 11.3 Å². The van der Waals surface area contributed by atoms with Crippen molar-refractivity contribution in [1.29, 1.82) is 0 Å². The second-order valence-corrected chi connectivity index (χ2v) is 9.26. The van der Waals surface area contributed by atoms with Crippen LogP contribution in [0, 0.1) is 6.92 Å². The molecule has 0 aliphatic heterocycles. The number of rotatable bonds is 5. The van der Waals surface area contributed by atoms with E-state index in [1.54, 1.807) is 6.07 Å². The van der Waals surface area contributed by atoms with Crippen LogP contribution in [0.3, 0.4) is 0 Å². The molecule has 3 aromatic heterocycles. The molecule has 1 atom stereocenters. The van der Waals surface area contributed by atoms with Crippen molar-refractivity contribution in [3.63, 3.8) is 0 Å². The van der Waals surface area contributed by atoms with Gasteiger partial charge in [0.25, 0.3) is 5.56 Å². The van der Waals surface area contributed by atoms with E-state index in [0.717, 1.165) is 53.2 Å². The highest BCUT2D eigenvalue weighted by Gasteiger charge is 2.30. The van der Waals surface area contributed by atoms with Gasteiger partial charge in [0, 0.05) is 17.5 Å². The van der Waals surface area contributed by atoms with Crippen molar-refractivity contribution in [2.24, 2.45) is 0 Å². The minimum absolute atomic E-state index is 0.0333. The third-order valence-electron chi connectivity index (χ3n) is 5.95. The summed E-state index contributed by atoms with van der Waals surface area (Å²) < 4.78 is 45.2. The van der Waals surface area contributed by atoms with Crippen molar-refractivity contribution in [3.05, 3.63) is 73.9 Å². The Balaban J connectivity index is 1.38. The van der Waals surface area contributed by atoms with E-state index in [2.05, 4.69) is 20.6 Å². The summed E-state index contributed by atoms with van der Waals surface area (Å²) in [5, 5.41) is 11.7. The Morgan fingerprint density at radius 1 is 1.30 bits per heavy atom. The van der Waals surface area contributed by atoms with E-state index >= 15 is 0 Å². The lowest BCUT2D eigenvalue weighted by Crippen LogP contribution is -2.34. The Morgan fingerprint density at radius 2 is 2.15 bits per heavy atom. The molecule has 0 bridgehead atoms. The Kier molecular flexibility index (Phi) is 5.53. The molecule has 1 aromatic carbocycles. The molecule has 33 heavy (non-hydrogen) atoms. The number of alkyl halides is 3. The molecule has 0 amide bonds. The molecule has 0 radical (unpaired) electrons. The molecule has 11 heteroatoms. The van der Waals surface area contributed by atoms with Crippen molar-refractivity contribution in [3.8, 4) is 0 Å². The summed E-state index contributed by atoms with van der Waals surface area (Å²) in [6.07, 6.45) is -0.654. The first-order chi connectivity index (χ1) is 15.8. The standard InChI is InChI=1S/C22H20F3N5O2S/c1-12-17(29-32-28-12)9-26-15-5-6-16-18(8-15)33-20-19(16)21(31)30(11-27-20)10-13-3-2-4-14(7-13)22(23,24)25/h2-4,7,11,15,26H,5-6,8-10H2,1H3/t15-/m0/s1. The van der Waals surface area contributed by atoms with Crippen LogP contribution in [0.4, 0.5) is 13.2 Å². The molecule has 1 aliphatic carbocycles. The predicted molar refractivity (Wildman–Crippen MR) is 116 cm³/mol. The maximum absolute atomic E-state index is 13.2. The molecule has 172 valence electrons. The molecule has 7 nitrogen and oxygen atoms in total. The van der Waals surface area contributed by atoms with E-state index in [4.69, 9.17) is 4.63 Å². The highest BCUT2D eigenvalue weighted by atomic mass is 32.1. The second kappa shape index (κ2) is 8.38. The number of fused-ring (bicyclic) bond motifs is 3. The maximum atomic E-state index is 13.2. The topological polar surface area (TPSA) is 85.8 Å². The predicted octanol–water partition coefficient (Wildman–Crippen LogP) is 3.86. The van der Waals surface area contributed by atoms with Gasteiger partial charge in [-0.1, -0.05) is 22.4 Å². The minimum atomic E-state index is -4.43. The maximum Gasteiger partial charge on any atom is 0.416 e. The molecule has 0 spiro atoms. The second-order valence-electron chi connectivity index (χ2n) is 8.18. The summed E-state index contributed by atoms with van der Waals surface area (Å²) >= 11 is 1.51. The van der Waals surface area contributed by atoms with Crippen molar-refractivity contribution in [2.75, 3.05) is 0 Å². The number of halogens is 3. The van der Waals surface area contributed by atoms with Gasteiger partial charge in [-0.3, -0.25) is 9.36 Å². The zero-order valence-electron chi connectivity index (χ0n) is 17.6. The van der Waals surface area contributed by atoms with Gasteiger partial charge in [-0.25, -0.2) is 9.61 Å². The van der Waals surface area contributed by atoms with E-state index in [-0.39, 0.29) is 18.1 Å². The highest BCUT2D eigenvalue weighted by molar-refractivity contribution is 7.18. The zero-order valence-corrected chi connectivity index (χ0v) is 18.5. The molecule has 0 saturated heterocycles. The van der Waals surface area contributed by atoms with Gasteiger partial charge >= 0.3 is 6.18 Å². The van der Waals surface area contributed by atoms with Crippen LogP contribution in [-0.4, -0.2) is 25.9 Å². The van der Waals surface area contributed by atoms with E-state index in [1.165, 1.54) is 28.3 Å². The molecule has 1 N–H and O–H groups in total. The smallest absolute Gasteiger partial charge is 0.308 e. The highest BCUT2D eigenvalue weighted by Crippen LogP contribution is 2.34. The lowest BCUT2D eigenvalue weighted by Gasteiger charge is -2.23. The van der Waals surface area contributed by atoms with Crippen molar-refractivity contribution in [2.45, 2.75) is 51.5 Å². The fourth-order valence-electron chi connectivity index (χ4n) is 4.18. The average Bonchev–Trinajstić information content (AvgIpc) is 3.36. The SMILES string of the molecule is Cc1nonc1CN[C@H]1CCc2c(sc3ncn(Cc4cccc(C(F)(F)F)c4)c(=O)c23)C1. The summed E-state index contributed by atoms with van der Waals surface area (Å²) in [5.41, 5.74) is 1.99.